The summed E-state index contributed by atoms with van der Waals surface area (Å²) < 4.78 is 4.88. The van der Waals surface area contributed by atoms with Crippen molar-refractivity contribution in [3.8, 4) is 0 Å². The molecule has 0 aliphatic rings. The van der Waals surface area contributed by atoms with E-state index in [0.29, 0.717) is 24.4 Å². The molecule has 0 spiro atoms. The third-order valence-electron chi connectivity index (χ3n) is 3.37. The van der Waals surface area contributed by atoms with Crippen molar-refractivity contribution in [2.75, 3.05) is 30.9 Å². The van der Waals surface area contributed by atoms with E-state index in [-0.39, 0.29) is 11.9 Å². The third-order valence-corrected chi connectivity index (χ3v) is 3.37. The highest BCUT2D eigenvalue weighted by Gasteiger charge is 2.10. The van der Waals surface area contributed by atoms with Crippen LogP contribution in [-0.4, -0.2) is 32.2 Å². The monoisotopic (exact) mass is 327 g/mol. The van der Waals surface area contributed by atoms with Crippen LogP contribution in [0.15, 0.2) is 48.5 Å². The molecule has 0 saturated heterocycles. The summed E-state index contributed by atoms with van der Waals surface area (Å²) >= 11 is 0. The minimum absolute atomic E-state index is 0.232. The summed E-state index contributed by atoms with van der Waals surface area (Å²) in [5.41, 5.74) is 2.64. The van der Waals surface area contributed by atoms with Crippen molar-refractivity contribution in [3.63, 3.8) is 0 Å². The van der Waals surface area contributed by atoms with Crippen molar-refractivity contribution in [1.82, 2.24) is 5.32 Å². The zero-order valence-corrected chi connectivity index (χ0v) is 13.8. The second-order valence-corrected chi connectivity index (χ2v) is 5.22. The Bertz CT molecular complexity index is 702. The SMILES string of the molecule is COCCNC(=O)Nc1cc(C(=O)Nc2ccccc2)ccc1C. The fraction of sp³-hybridized carbons (Fsp3) is 0.222. The number of amides is 3. The number of hydrogen-bond donors (Lipinski definition) is 3. The van der Waals surface area contributed by atoms with E-state index < -0.39 is 0 Å². The van der Waals surface area contributed by atoms with Crippen molar-refractivity contribution >= 4 is 23.3 Å². The highest BCUT2D eigenvalue weighted by Crippen LogP contribution is 2.18. The first-order valence-corrected chi connectivity index (χ1v) is 7.61. The molecule has 6 heteroatoms. The molecule has 0 fully saturated rings. The van der Waals surface area contributed by atoms with Gasteiger partial charge in [0.25, 0.3) is 5.91 Å². The number of hydrogen-bond acceptors (Lipinski definition) is 3. The number of aryl methyl sites for hydroxylation is 1. The first-order valence-electron chi connectivity index (χ1n) is 7.61. The van der Waals surface area contributed by atoms with Crippen molar-refractivity contribution < 1.29 is 14.3 Å². The highest BCUT2D eigenvalue weighted by molar-refractivity contribution is 6.05. The van der Waals surface area contributed by atoms with Crippen LogP contribution >= 0.6 is 0 Å². The van der Waals surface area contributed by atoms with Crippen LogP contribution in [-0.2, 0) is 4.74 Å². The summed E-state index contributed by atoms with van der Waals surface area (Å²) in [6, 6.07) is 14.0. The summed E-state index contributed by atoms with van der Waals surface area (Å²) in [4.78, 5) is 24.2. The highest BCUT2D eigenvalue weighted by atomic mass is 16.5. The second kappa shape index (κ2) is 8.69. The van der Waals surface area contributed by atoms with Gasteiger partial charge in [0.1, 0.15) is 0 Å². The molecule has 6 nitrogen and oxygen atoms in total. The number of benzene rings is 2. The normalized spacial score (nSPS) is 10.1. The number of carbonyl (C=O) groups is 2. The maximum atomic E-state index is 12.3. The van der Waals surface area contributed by atoms with E-state index in [4.69, 9.17) is 4.74 Å². The van der Waals surface area contributed by atoms with Gasteiger partial charge >= 0.3 is 6.03 Å². The molecule has 24 heavy (non-hydrogen) atoms. The largest absolute Gasteiger partial charge is 0.383 e. The smallest absolute Gasteiger partial charge is 0.319 e. The number of ether oxygens (including phenoxy) is 1. The van der Waals surface area contributed by atoms with Crippen LogP contribution in [0.1, 0.15) is 15.9 Å². The standard InChI is InChI=1S/C18H21N3O3/c1-13-8-9-14(17(22)20-15-6-4-3-5-7-15)12-16(13)21-18(23)19-10-11-24-2/h3-9,12H,10-11H2,1-2H3,(H,20,22)(H2,19,21,23). The molecule has 0 atom stereocenters. The van der Waals surface area contributed by atoms with Gasteiger partial charge in [0.15, 0.2) is 0 Å². The first kappa shape index (κ1) is 17.5. The molecule has 0 heterocycles. The summed E-state index contributed by atoms with van der Waals surface area (Å²) in [5.74, 6) is -0.232. The van der Waals surface area contributed by atoms with Gasteiger partial charge in [0.2, 0.25) is 0 Å². The van der Waals surface area contributed by atoms with Crippen molar-refractivity contribution in [2.45, 2.75) is 6.92 Å². The van der Waals surface area contributed by atoms with Crippen molar-refractivity contribution in [1.29, 1.82) is 0 Å². The Kier molecular flexibility index (Phi) is 6.33. The molecular formula is C18H21N3O3. The molecule has 3 amide bonds. The molecule has 0 aliphatic heterocycles. The molecule has 3 N–H and O–H groups in total. The lowest BCUT2D eigenvalue weighted by molar-refractivity contribution is 0.102. The van der Waals surface area contributed by atoms with Crippen LogP contribution in [0.4, 0.5) is 16.2 Å². The van der Waals surface area contributed by atoms with E-state index >= 15 is 0 Å². The van der Waals surface area contributed by atoms with Crippen molar-refractivity contribution in [3.05, 3.63) is 59.7 Å². The fourth-order valence-electron chi connectivity index (χ4n) is 2.06. The number of urea groups is 1. The Hall–Kier alpha value is -2.86. The predicted octanol–water partition coefficient (Wildman–Crippen LogP) is 3.02. The molecule has 2 aromatic carbocycles. The number of anilines is 2. The van der Waals surface area contributed by atoms with Gasteiger partial charge in [0.05, 0.1) is 6.61 Å². The number of carbonyl (C=O) groups excluding carboxylic acids is 2. The summed E-state index contributed by atoms with van der Waals surface area (Å²) in [5, 5.41) is 8.23. The topological polar surface area (TPSA) is 79.5 Å². The van der Waals surface area contributed by atoms with Crippen LogP contribution < -0.4 is 16.0 Å². The Morgan fingerprint density at radius 1 is 1.04 bits per heavy atom. The van der Waals surface area contributed by atoms with Gasteiger partial charge in [-0.3, -0.25) is 4.79 Å². The van der Waals surface area contributed by atoms with Gasteiger partial charge in [-0.15, -0.1) is 0 Å². The minimum Gasteiger partial charge on any atom is -0.383 e. The molecule has 0 radical (unpaired) electrons. The lowest BCUT2D eigenvalue weighted by Gasteiger charge is -2.12. The summed E-state index contributed by atoms with van der Waals surface area (Å²) in [6.07, 6.45) is 0. The number of rotatable bonds is 6. The Labute approximate surface area is 141 Å². The van der Waals surface area contributed by atoms with E-state index in [1.165, 1.54) is 0 Å². The Balaban J connectivity index is 2.04. The van der Waals surface area contributed by atoms with E-state index in [2.05, 4.69) is 16.0 Å². The molecule has 126 valence electrons. The second-order valence-electron chi connectivity index (χ2n) is 5.22. The number of nitrogens with one attached hydrogen (secondary N) is 3. The van der Waals surface area contributed by atoms with E-state index in [1.807, 2.05) is 37.3 Å². The quantitative estimate of drug-likeness (QED) is 0.714. The third kappa shape index (κ3) is 5.10. The maximum Gasteiger partial charge on any atom is 0.319 e. The summed E-state index contributed by atoms with van der Waals surface area (Å²) in [6.45, 7) is 2.71. The van der Waals surface area contributed by atoms with Crippen LogP contribution in [0.2, 0.25) is 0 Å². The average molecular weight is 327 g/mol. The van der Waals surface area contributed by atoms with Crippen LogP contribution in [0.5, 0.6) is 0 Å². The molecule has 0 unspecified atom stereocenters. The Morgan fingerprint density at radius 2 is 1.79 bits per heavy atom. The lowest BCUT2D eigenvalue weighted by Crippen LogP contribution is -2.31. The molecule has 0 saturated carbocycles. The number of methoxy groups -OCH3 is 1. The zero-order valence-electron chi connectivity index (χ0n) is 13.8. The fourth-order valence-corrected chi connectivity index (χ4v) is 2.06. The van der Waals surface area contributed by atoms with Crippen molar-refractivity contribution in [2.24, 2.45) is 0 Å². The lowest BCUT2D eigenvalue weighted by atomic mass is 10.1. The first-order chi connectivity index (χ1) is 11.6. The predicted molar refractivity (Wildman–Crippen MR) is 94.5 cm³/mol. The molecule has 0 aliphatic carbocycles. The van der Waals surface area contributed by atoms with E-state index in [1.54, 1.807) is 25.3 Å². The van der Waals surface area contributed by atoms with Gasteiger partial charge in [-0.05, 0) is 36.8 Å². The van der Waals surface area contributed by atoms with E-state index in [0.717, 1.165) is 11.3 Å². The molecule has 0 bridgehead atoms. The van der Waals surface area contributed by atoms with Gasteiger partial charge in [-0.1, -0.05) is 24.3 Å². The van der Waals surface area contributed by atoms with Gasteiger partial charge in [-0.25, -0.2) is 4.79 Å². The van der Waals surface area contributed by atoms with Gasteiger partial charge < -0.3 is 20.7 Å². The van der Waals surface area contributed by atoms with Crippen LogP contribution in [0.3, 0.4) is 0 Å². The Morgan fingerprint density at radius 3 is 2.50 bits per heavy atom. The molecule has 2 aromatic rings. The molecule has 2 rings (SSSR count). The van der Waals surface area contributed by atoms with Gasteiger partial charge in [0, 0.05) is 30.6 Å². The minimum atomic E-state index is -0.337. The summed E-state index contributed by atoms with van der Waals surface area (Å²) in [7, 11) is 1.57. The van der Waals surface area contributed by atoms with Gasteiger partial charge in [-0.2, -0.15) is 0 Å². The van der Waals surface area contributed by atoms with Crippen LogP contribution in [0, 0.1) is 6.92 Å². The molecular weight excluding hydrogens is 306 g/mol. The zero-order chi connectivity index (χ0) is 17.4. The number of para-hydroxylation sites is 1. The average Bonchev–Trinajstić information content (AvgIpc) is 2.58. The maximum absolute atomic E-state index is 12.3. The van der Waals surface area contributed by atoms with Crippen LogP contribution in [0.25, 0.3) is 0 Å². The van der Waals surface area contributed by atoms with E-state index in [9.17, 15) is 9.59 Å². The molecule has 0 aromatic heterocycles.